The fourth-order valence-corrected chi connectivity index (χ4v) is 3.65. The van der Waals surface area contributed by atoms with Crippen LogP contribution in [-0.4, -0.2) is 25.5 Å². The molecule has 2 aromatic carbocycles. The van der Waals surface area contributed by atoms with E-state index >= 15 is 0 Å². The van der Waals surface area contributed by atoms with E-state index in [9.17, 15) is 14.4 Å². The van der Waals surface area contributed by atoms with Gasteiger partial charge in [-0.15, -0.1) is 0 Å². The zero-order chi connectivity index (χ0) is 21.3. The molecule has 1 saturated heterocycles. The van der Waals surface area contributed by atoms with Crippen LogP contribution in [0.3, 0.4) is 0 Å². The van der Waals surface area contributed by atoms with Crippen molar-refractivity contribution in [3.8, 4) is 5.75 Å². The van der Waals surface area contributed by atoms with Crippen LogP contribution in [0.2, 0.25) is 5.02 Å². The zero-order valence-corrected chi connectivity index (χ0v) is 16.9. The van der Waals surface area contributed by atoms with Gasteiger partial charge in [0, 0.05) is 41.1 Å². The van der Waals surface area contributed by atoms with Crippen molar-refractivity contribution < 1.29 is 23.5 Å². The molecular weight excluding hydrogens is 410 g/mol. The molecule has 0 spiro atoms. The number of hydrogen-bond acceptors (Lipinski definition) is 6. The van der Waals surface area contributed by atoms with Crippen LogP contribution < -0.4 is 15.3 Å². The van der Waals surface area contributed by atoms with Gasteiger partial charge in [0.25, 0.3) is 0 Å². The number of anilines is 1. The molecule has 0 radical (unpaired) electrons. The van der Waals surface area contributed by atoms with E-state index in [4.69, 9.17) is 25.5 Å². The molecule has 0 N–H and O–H groups in total. The van der Waals surface area contributed by atoms with Crippen molar-refractivity contribution in [2.24, 2.45) is 0 Å². The van der Waals surface area contributed by atoms with Crippen LogP contribution in [0.15, 0.2) is 51.7 Å². The van der Waals surface area contributed by atoms with Gasteiger partial charge in [0.2, 0.25) is 5.91 Å². The monoisotopic (exact) mass is 427 g/mol. The van der Waals surface area contributed by atoms with Gasteiger partial charge in [0.05, 0.1) is 18.4 Å². The summed E-state index contributed by atoms with van der Waals surface area (Å²) < 4.78 is 15.8. The summed E-state index contributed by atoms with van der Waals surface area (Å²) in [4.78, 5) is 38.4. The molecule has 1 aliphatic rings. The zero-order valence-electron chi connectivity index (χ0n) is 16.1. The van der Waals surface area contributed by atoms with Crippen molar-refractivity contribution in [2.45, 2.75) is 19.4 Å². The Morgan fingerprint density at radius 1 is 1.17 bits per heavy atom. The second-order valence-electron chi connectivity index (χ2n) is 6.84. The SMILES string of the molecule is COc1ccc2c(COC(=O)c3ccc(Cl)cc3N3CCCC3=O)cc(=O)oc2c1. The lowest BCUT2D eigenvalue weighted by Crippen LogP contribution is -2.26. The van der Waals surface area contributed by atoms with Crippen molar-refractivity contribution in [3.63, 3.8) is 0 Å². The number of amides is 1. The fourth-order valence-electron chi connectivity index (χ4n) is 3.48. The lowest BCUT2D eigenvalue weighted by atomic mass is 10.1. The molecule has 0 unspecified atom stereocenters. The Labute approximate surface area is 176 Å². The number of benzene rings is 2. The smallest absolute Gasteiger partial charge is 0.340 e. The number of hydrogen-bond donors (Lipinski definition) is 0. The van der Waals surface area contributed by atoms with Gasteiger partial charge in [-0.1, -0.05) is 11.6 Å². The van der Waals surface area contributed by atoms with Gasteiger partial charge in [-0.3, -0.25) is 4.79 Å². The molecule has 0 saturated carbocycles. The summed E-state index contributed by atoms with van der Waals surface area (Å²) >= 11 is 6.08. The Morgan fingerprint density at radius 2 is 2.00 bits per heavy atom. The summed E-state index contributed by atoms with van der Waals surface area (Å²) in [7, 11) is 1.51. The average molecular weight is 428 g/mol. The summed E-state index contributed by atoms with van der Waals surface area (Å²) in [6, 6.07) is 11.0. The van der Waals surface area contributed by atoms with Crippen molar-refractivity contribution in [2.75, 3.05) is 18.6 Å². The van der Waals surface area contributed by atoms with Gasteiger partial charge in [-0.05, 0) is 36.8 Å². The summed E-state index contributed by atoms with van der Waals surface area (Å²) in [6.07, 6.45) is 1.14. The van der Waals surface area contributed by atoms with Crippen molar-refractivity contribution in [1.29, 1.82) is 0 Å². The molecule has 4 rings (SSSR count). The van der Waals surface area contributed by atoms with Crippen LogP contribution in [0.1, 0.15) is 28.8 Å². The molecule has 154 valence electrons. The lowest BCUT2D eigenvalue weighted by molar-refractivity contribution is -0.117. The van der Waals surface area contributed by atoms with Crippen LogP contribution in [-0.2, 0) is 16.1 Å². The predicted octanol–water partition coefficient (Wildman–Crippen LogP) is 3.94. The van der Waals surface area contributed by atoms with Gasteiger partial charge >= 0.3 is 11.6 Å². The maximum absolute atomic E-state index is 12.8. The first-order valence-corrected chi connectivity index (χ1v) is 9.72. The molecule has 3 aromatic rings. The molecule has 7 nitrogen and oxygen atoms in total. The molecule has 0 bridgehead atoms. The largest absolute Gasteiger partial charge is 0.497 e. The van der Waals surface area contributed by atoms with Crippen LogP contribution in [0.4, 0.5) is 5.69 Å². The minimum atomic E-state index is -0.615. The maximum Gasteiger partial charge on any atom is 0.340 e. The predicted molar refractivity (Wildman–Crippen MR) is 111 cm³/mol. The van der Waals surface area contributed by atoms with Gasteiger partial charge in [-0.2, -0.15) is 0 Å². The Morgan fingerprint density at radius 3 is 2.73 bits per heavy atom. The second kappa shape index (κ2) is 8.20. The highest BCUT2D eigenvalue weighted by Crippen LogP contribution is 2.30. The topological polar surface area (TPSA) is 86.0 Å². The molecule has 1 aliphatic heterocycles. The minimum Gasteiger partial charge on any atom is -0.497 e. The first kappa shape index (κ1) is 20.0. The number of nitrogens with zero attached hydrogens (tertiary/aromatic N) is 1. The molecule has 0 atom stereocenters. The minimum absolute atomic E-state index is 0.0630. The van der Waals surface area contributed by atoms with Gasteiger partial charge in [0.1, 0.15) is 17.9 Å². The van der Waals surface area contributed by atoms with Gasteiger partial charge in [-0.25, -0.2) is 9.59 Å². The van der Waals surface area contributed by atoms with Crippen molar-refractivity contribution in [1.82, 2.24) is 0 Å². The molecule has 8 heteroatoms. The molecular formula is C22H18ClNO6. The quantitative estimate of drug-likeness (QED) is 0.453. The van der Waals surface area contributed by atoms with E-state index < -0.39 is 11.6 Å². The Balaban J connectivity index is 1.62. The van der Waals surface area contributed by atoms with Crippen LogP contribution >= 0.6 is 11.6 Å². The second-order valence-corrected chi connectivity index (χ2v) is 7.28. The lowest BCUT2D eigenvalue weighted by Gasteiger charge is -2.19. The number of halogens is 1. The van der Waals surface area contributed by atoms with Crippen molar-refractivity contribution in [3.05, 3.63) is 69.0 Å². The van der Waals surface area contributed by atoms with Crippen LogP contribution in [0, 0.1) is 0 Å². The third-order valence-corrected chi connectivity index (χ3v) is 5.18. The van der Waals surface area contributed by atoms with E-state index in [-0.39, 0.29) is 18.1 Å². The number of carbonyl (C=O) groups is 2. The van der Waals surface area contributed by atoms with Gasteiger partial charge in [0.15, 0.2) is 0 Å². The highest BCUT2D eigenvalue weighted by Gasteiger charge is 2.27. The third-order valence-electron chi connectivity index (χ3n) is 4.94. The highest BCUT2D eigenvalue weighted by atomic mass is 35.5. The normalized spacial score (nSPS) is 13.7. The molecule has 1 fully saturated rings. The van der Waals surface area contributed by atoms with E-state index in [1.807, 2.05) is 0 Å². The molecule has 2 heterocycles. The van der Waals surface area contributed by atoms with Crippen molar-refractivity contribution >= 4 is 40.1 Å². The van der Waals surface area contributed by atoms with E-state index in [2.05, 4.69) is 0 Å². The average Bonchev–Trinajstić information content (AvgIpc) is 3.16. The number of fused-ring (bicyclic) bond motifs is 1. The standard InChI is InChI=1S/C22H18ClNO6/c1-28-15-5-7-16-13(9-21(26)30-19(16)11-15)12-29-22(27)17-6-4-14(23)10-18(17)24-8-2-3-20(24)25/h4-7,9-11H,2-3,8,12H2,1H3. The molecule has 0 aliphatic carbocycles. The Hall–Kier alpha value is -3.32. The Bertz CT molecular complexity index is 1200. The number of carbonyl (C=O) groups excluding carboxylic acids is 2. The summed E-state index contributed by atoms with van der Waals surface area (Å²) in [5.41, 5.74) is 0.949. The maximum atomic E-state index is 12.8. The van der Waals surface area contributed by atoms with Crippen LogP contribution in [0.25, 0.3) is 11.0 Å². The van der Waals surface area contributed by atoms with Gasteiger partial charge < -0.3 is 18.8 Å². The number of methoxy groups -OCH3 is 1. The highest BCUT2D eigenvalue weighted by molar-refractivity contribution is 6.31. The summed E-state index contributed by atoms with van der Waals surface area (Å²) in [5.74, 6) is -0.135. The van der Waals surface area contributed by atoms with E-state index in [1.165, 1.54) is 19.2 Å². The molecule has 1 amide bonds. The summed E-state index contributed by atoms with van der Waals surface area (Å²) in [5, 5.41) is 1.05. The van der Waals surface area contributed by atoms with E-state index in [1.54, 1.807) is 35.2 Å². The number of esters is 1. The molecule has 1 aromatic heterocycles. The number of rotatable bonds is 5. The van der Waals surface area contributed by atoms with Crippen LogP contribution in [0.5, 0.6) is 5.75 Å². The Kier molecular flexibility index (Phi) is 5.46. The third kappa shape index (κ3) is 3.89. The first-order chi connectivity index (χ1) is 14.5. The van der Waals surface area contributed by atoms with E-state index in [0.29, 0.717) is 46.0 Å². The van der Waals surface area contributed by atoms with E-state index in [0.717, 1.165) is 6.42 Å². The summed E-state index contributed by atoms with van der Waals surface area (Å²) in [6.45, 7) is 0.384. The fraction of sp³-hybridized carbons (Fsp3) is 0.227. The number of ether oxygens (including phenoxy) is 2. The molecule has 30 heavy (non-hydrogen) atoms. The first-order valence-electron chi connectivity index (χ1n) is 9.34.